The molecule has 0 saturated heterocycles. The molecule has 0 spiro atoms. The molecule has 0 aliphatic rings. The molecule has 230 valence electrons. The van der Waals surface area contributed by atoms with Crippen molar-refractivity contribution >= 4 is 0 Å². The number of hydrogen-bond acceptors (Lipinski definition) is 6. The van der Waals surface area contributed by atoms with Crippen LogP contribution in [0.1, 0.15) is 149 Å². The third kappa shape index (κ3) is 27.3. The van der Waals surface area contributed by atoms with Gasteiger partial charge in [0.2, 0.25) is 0 Å². The van der Waals surface area contributed by atoms with Gasteiger partial charge in [-0.15, -0.1) is 0 Å². The third-order valence-corrected chi connectivity index (χ3v) is 7.59. The Labute approximate surface area is 237 Å². The normalized spacial score (nSPS) is 14.3. The van der Waals surface area contributed by atoms with E-state index in [1.807, 2.05) is 0 Å². The minimum atomic E-state index is -0.691. The Bertz CT molecular complexity index is 418. The van der Waals surface area contributed by atoms with Crippen LogP contribution < -0.4 is 10.6 Å². The van der Waals surface area contributed by atoms with Crippen LogP contribution in [0.25, 0.3) is 0 Å². The lowest BCUT2D eigenvalue weighted by Crippen LogP contribution is -2.47. The number of aliphatic hydroxyl groups excluding tert-OH is 3. The summed E-state index contributed by atoms with van der Waals surface area (Å²) in [5, 5.41) is 37.7. The van der Waals surface area contributed by atoms with Crippen LogP contribution in [0, 0.1) is 0 Å². The van der Waals surface area contributed by atoms with Gasteiger partial charge in [-0.05, 0) is 32.9 Å². The lowest BCUT2D eigenvalue weighted by atomic mass is 10.1. The van der Waals surface area contributed by atoms with Gasteiger partial charge in [-0.2, -0.15) is 0 Å². The molecule has 5 N–H and O–H groups in total. The van der Waals surface area contributed by atoms with Gasteiger partial charge in [0, 0.05) is 26.2 Å². The molecule has 0 aromatic carbocycles. The summed E-state index contributed by atoms with van der Waals surface area (Å²) in [6.07, 6.45) is 24.7. The number of unbranched alkanes of at least 4 members (excludes halogenated alkanes) is 18. The number of nitrogens with zero attached hydrogens (tertiary/aromatic N) is 1. The fraction of sp³-hybridized carbons (Fsp3) is 1.00. The van der Waals surface area contributed by atoms with Gasteiger partial charge >= 0.3 is 0 Å². The van der Waals surface area contributed by atoms with Crippen LogP contribution in [0.15, 0.2) is 0 Å². The van der Waals surface area contributed by atoms with Gasteiger partial charge in [0.05, 0.1) is 12.2 Å². The number of hydrogen-bond donors (Lipinski definition) is 5. The topological polar surface area (TPSA) is 88.0 Å². The molecule has 0 fully saturated rings. The van der Waals surface area contributed by atoms with E-state index >= 15 is 0 Å². The summed E-state index contributed by atoms with van der Waals surface area (Å²) >= 11 is 0. The predicted molar refractivity (Wildman–Crippen MR) is 165 cm³/mol. The average Bonchev–Trinajstić information content (AvgIpc) is 2.89. The minimum absolute atomic E-state index is 0.359. The summed E-state index contributed by atoms with van der Waals surface area (Å²) in [5.41, 5.74) is 0. The maximum absolute atomic E-state index is 10.4. The van der Waals surface area contributed by atoms with Gasteiger partial charge in [0.1, 0.15) is 6.23 Å². The second-order valence-corrected chi connectivity index (χ2v) is 11.7. The molecule has 0 rings (SSSR count). The molecule has 0 aromatic rings. The van der Waals surface area contributed by atoms with E-state index in [1.54, 1.807) is 11.8 Å². The molecule has 6 heteroatoms. The predicted octanol–water partition coefficient (Wildman–Crippen LogP) is 6.37. The smallest absolute Gasteiger partial charge is 0.104 e. The van der Waals surface area contributed by atoms with Crippen molar-refractivity contribution in [1.82, 2.24) is 15.5 Å². The van der Waals surface area contributed by atoms with Crippen molar-refractivity contribution < 1.29 is 15.3 Å². The second kappa shape index (κ2) is 29.7. The number of nitrogens with one attached hydrogen (secondary N) is 2. The molecule has 6 nitrogen and oxygen atoms in total. The van der Waals surface area contributed by atoms with Crippen LogP contribution >= 0.6 is 0 Å². The van der Waals surface area contributed by atoms with Gasteiger partial charge in [-0.25, -0.2) is 0 Å². The Balaban J connectivity index is 3.68. The van der Waals surface area contributed by atoms with Crippen LogP contribution in [0.4, 0.5) is 0 Å². The van der Waals surface area contributed by atoms with E-state index in [0.29, 0.717) is 26.2 Å². The van der Waals surface area contributed by atoms with Crippen molar-refractivity contribution in [1.29, 1.82) is 0 Å². The van der Waals surface area contributed by atoms with Crippen LogP contribution in [0.3, 0.4) is 0 Å². The van der Waals surface area contributed by atoms with Crippen molar-refractivity contribution in [2.24, 2.45) is 0 Å². The lowest BCUT2D eigenvalue weighted by Gasteiger charge is -2.29. The Morgan fingerprint density at radius 3 is 1.05 bits per heavy atom. The molecule has 3 atom stereocenters. The molecule has 0 aliphatic heterocycles. The van der Waals surface area contributed by atoms with E-state index in [0.717, 1.165) is 25.9 Å². The highest BCUT2D eigenvalue weighted by Gasteiger charge is 2.19. The summed E-state index contributed by atoms with van der Waals surface area (Å²) in [5.74, 6) is 0. The first-order chi connectivity index (χ1) is 18.5. The minimum Gasteiger partial charge on any atom is -0.390 e. The summed E-state index contributed by atoms with van der Waals surface area (Å²) in [7, 11) is 0. The first kappa shape index (κ1) is 37.8. The van der Waals surface area contributed by atoms with E-state index in [-0.39, 0.29) is 0 Å². The van der Waals surface area contributed by atoms with Crippen molar-refractivity contribution in [3.8, 4) is 0 Å². The third-order valence-electron chi connectivity index (χ3n) is 7.59. The zero-order valence-electron chi connectivity index (χ0n) is 25.9. The Morgan fingerprint density at radius 2 is 0.763 bits per heavy atom. The highest BCUT2D eigenvalue weighted by molar-refractivity contribution is 4.72. The first-order valence-corrected chi connectivity index (χ1v) is 16.7. The molecule has 3 unspecified atom stereocenters. The average molecular weight is 544 g/mol. The molecule has 38 heavy (non-hydrogen) atoms. The van der Waals surface area contributed by atoms with Gasteiger partial charge in [0.25, 0.3) is 0 Å². The highest BCUT2D eigenvalue weighted by atomic mass is 16.3. The van der Waals surface area contributed by atoms with Crippen molar-refractivity contribution in [3.05, 3.63) is 0 Å². The molecule has 0 saturated carbocycles. The van der Waals surface area contributed by atoms with E-state index in [9.17, 15) is 15.3 Å². The SMILES string of the molecule is CCCCCCCCCCCCNCC(O)CN(CC(O)CNCCCCCCCCCCCC)C(C)O. The second-order valence-electron chi connectivity index (χ2n) is 11.7. The van der Waals surface area contributed by atoms with Gasteiger partial charge in [0.15, 0.2) is 0 Å². The summed E-state index contributed by atoms with van der Waals surface area (Å²) in [4.78, 5) is 1.76. The molecular weight excluding hydrogens is 474 g/mol. The summed E-state index contributed by atoms with van der Waals surface area (Å²) < 4.78 is 0. The number of rotatable bonds is 31. The molecule has 0 bridgehead atoms. The van der Waals surface area contributed by atoms with Gasteiger partial charge in [-0.1, -0.05) is 129 Å². The fourth-order valence-corrected chi connectivity index (χ4v) is 5.06. The highest BCUT2D eigenvalue weighted by Crippen LogP contribution is 2.11. The molecule has 0 aromatic heterocycles. The summed E-state index contributed by atoms with van der Waals surface area (Å²) in [6.45, 7) is 9.84. The van der Waals surface area contributed by atoms with Crippen molar-refractivity contribution in [3.63, 3.8) is 0 Å². The lowest BCUT2D eigenvalue weighted by molar-refractivity contribution is -0.0331. The largest absolute Gasteiger partial charge is 0.390 e. The van der Waals surface area contributed by atoms with Crippen LogP contribution in [-0.4, -0.2) is 77.9 Å². The van der Waals surface area contributed by atoms with Crippen molar-refractivity contribution in [2.75, 3.05) is 39.3 Å². The molecule has 0 radical (unpaired) electrons. The van der Waals surface area contributed by atoms with E-state index in [4.69, 9.17) is 0 Å². The monoisotopic (exact) mass is 544 g/mol. The van der Waals surface area contributed by atoms with E-state index in [2.05, 4.69) is 24.5 Å². The Morgan fingerprint density at radius 1 is 0.474 bits per heavy atom. The van der Waals surface area contributed by atoms with Crippen LogP contribution in [-0.2, 0) is 0 Å². The standard InChI is InChI=1S/C32H69N3O3/c1-4-6-8-10-12-14-16-18-20-22-24-33-26-31(37)28-35(30(3)36)29-32(38)27-34-25-23-21-19-17-15-13-11-9-7-5-2/h30-34,36-38H,4-29H2,1-3H3. The number of aliphatic hydroxyl groups is 3. The zero-order chi connectivity index (χ0) is 28.1. The van der Waals surface area contributed by atoms with Crippen LogP contribution in [0.2, 0.25) is 0 Å². The molecular formula is C32H69N3O3. The quantitative estimate of drug-likeness (QED) is 0.0516. The van der Waals surface area contributed by atoms with Gasteiger partial charge in [-0.3, -0.25) is 4.90 Å². The maximum Gasteiger partial charge on any atom is 0.104 e. The molecule has 0 aliphatic carbocycles. The van der Waals surface area contributed by atoms with E-state index in [1.165, 1.54) is 116 Å². The van der Waals surface area contributed by atoms with Crippen molar-refractivity contribution in [2.45, 2.75) is 168 Å². The molecule has 0 amide bonds. The van der Waals surface area contributed by atoms with E-state index < -0.39 is 18.4 Å². The molecule has 0 heterocycles. The Kier molecular flexibility index (Phi) is 29.5. The van der Waals surface area contributed by atoms with Gasteiger partial charge < -0.3 is 26.0 Å². The zero-order valence-corrected chi connectivity index (χ0v) is 25.9. The fourth-order valence-electron chi connectivity index (χ4n) is 5.06. The Hall–Kier alpha value is -0.240. The summed E-state index contributed by atoms with van der Waals surface area (Å²) in [6, 6.07) is 0. The van der Waals surface area contributed by atoms with Crippen LogP contribution in [0.5, 0.6) is 0 Å². The first-order valence-electron chi connectivity index (χ1n) is 16.7. The maximum atomic E-state index is 10.4.